The first-order valence-corrected chi connectivity index (χ1v) is 7.60. The van der Waals surface area contributed by atoms with Crippen LogP contribution in [-0.4, -0.2) is 45.3 Å². The molecule has 0 unspecified atom stereocenters. The van der Waals surface area contributed by atoms with Crippen LogP contribution in [0.15, 0.2) is 12.3 Å². The van der Waals surface area contributed by atoms with Crippen molar-refractivity contribution < 1.29 is 17.9 Å². The number of ether oxygens (including phenoxy) is 1. The molecule has 0 radical (unpaired) electrons. The van der Waals surface area contributed by atoms with E-state index in [1.54, 1.807) is 6.92 Å². The van der Waals surface area contributed by atoms with Crippen molar-refractivity contribution in [2.45, 2.75) is 6.92 Å². The molecule has 0 amide bonds. The summed E-state index contributed by atoms with van der Waals surface area (Å²) in [6.45, 7) is 2.21. The van der Waals surface area contributed by atoms with E-state index < -0.39 is 16.0 Å². The van der Waals surface area contributed by atoms with Gasteiger partial charge in [0.1, 0.15) is 5.82 Å². The molecule has 1 rings (SSSR count). The average molecular weight is 302 g/mol. The fourth-order valence-corrected chi connectivity index (χ4v) is 2.41. The highest BCUT2D eigenvalue weighted by molar-refractivity contribution is 7.89. The molecule has 0 bridgehead atoms. The number of nitrogens with zero attached hydrogens (tertiary/aromatic N) is 1. The lowest BCUT2D eigenvalue weighted by atomic mass is 10.2. The fourth-order valence-electron chi connectivity index (χ4n) is 1.45. The van der Waals surface area contributed by atoms with Crippen molar-refractivity contribution in [2.75, 3.05) is 37.0 Å². The Hall–Kier alpha value is -1.87. The van der Waals surface area contributed by atoms with Crippen molar-refractivity contribution in [1.29, 1.82) is 0 Å². The van der Waals surface area contributed by atoms with Crippen molar-refractivity contribution in [1.82, 2.24) is 9.71 Å². The molecular weight excluding hydrogens is 284 g/mol. The molecule has 20 heavy (non-hydrogen) atoms. The number of pyridine rings is 1. The Balaban J connectivity index is 2.68. The minimum Gasteiger partial charge on any atom is -0.465 e. The third-order valence-corrected chi connectivity index (χ3v) is 3.85. The van der Waals surface area contributed by atoms with E-state index in [9.17, 15) is 13.2 Å². The summed E-state index contributed by atoms with van der Waals surface area (Å²) in [6.07, 6.45) is 1.31. The van der Waals surface area contributed by atoms with Crippen molar-refractivity contribution in [3.63, 3.8) is 0 Å². The standard InChI is InChI=1S/C11H18N4O4S/c1-3-15-20(17,18)5-4-13-10-6-8(11(16)19-2)9(12)7-14-10/h6-7,15H,3-5,12H2,1-2H3,(H,13,14). The summed E-state index contributed by atoms with van der Waals surface area (Å²) in [6, 6.07) is 1.42. The van der Waals surface area contributed by atoms with E-state index in [-0.39, 0.29) is 23.5 Å². The normalized spacial score (nSPS) is 11.1. The van der Waals surface area contributed by atoms with Gasteiger partial charge in [0.2, 0.25) is 10.0 Å². The van der Waals surface area contributed by atoms with Crippen LogP contribution in [-0.2, 0) is 14.8 Å². The van der Waals surface area contributed by atoms with E-state index in [1.807, 2.05) is 0 Å². The summed E-state index contributed by atoms with van der Waals surface area (Å²) in [7, 11) is -2.05. The molecule has 0 spiro atoms. The van der Waals surface area contributed by atoms with Crippen LogP contribution >= 0.6 is 0 Å². The Morgan fingerprint density at radius 2 is 2.20 bits per heavy atom. The van der Waals surface area contributed by atoms with Gasteiger partial charge in [-0.15, -0.1) is 0 Å². The molecular formula is C11H18N4O4S. The summed E-state index contributed by atoms with van der Waals surface area (Å²) in [5.41, 5.74) is 5.98. The van der Waals surface area contributed by atoms with E-state index in [0.717, 1.165) is 0 Å². The van der Waals surface area contributed by atoms with Crippen LogP contribution in [0.25, 0.3) is 0 Å². The van der Waals surface area contributed by atoms with E-state index in [4.69, 9.17) is 5.73 Å². The number of esters is 1. The highest BCUT2D eigenvalue weighted by atomic mass is 32.2. The molecule has 0 saturated carbocycles. The Bertz CT molecular complexity index is 574. The van der Waals surface area contributed by atoms with Crippen molar-refractivity contribution in [3.8, 4) is 0 Å². The third-order valence-electron chi connectivity index (χ3n) is 2.38. The topological polar surface area (TPSA) is 123 Å². The summed E-state index contributed by atoms with van der Waals surface area (Å²) in [4.78, 5) is 15.4. The van der Waals surface area contributed by atoms with Gasteiger partial charge in [-0.05, 0) is 6.07 Å². The maximum atomic E-state index is 11.4. The van der Waals surface area contributed by atoms with Crippen LogP contribution in [0, 0.1) is 0 Å². The molecule has 0 aliphatic heterocycles. The SMILES string of the molecule is CCNS(=O)(=O)CCNc1cc(C(=O)OC)c(N)cn1. The molecule has 0 fully saturated rings. The number of carbonyl (C=O) groups is 1. The van der Waals surface area contributed by atoms with Crippen molar-refractivity contribution in [2.24, 2.45) is 0 Å². The Morgan fingerprint density at radius 3 is 2.80 bits per heavy atom. The van der Waals surface area contributed by atoms with Gasteiger partial charge in [0.15, 0.2) is 0 Å². The number of hydrogen-bond donors (Lipinski definition) is 3. The third kappa shape index (κ3) is 4.67. The van der Waals surface area contributed by atoms with Crippen molar-refractivity contribution in [3.05, 3.63) is 17.8 Å². The fraction of sp³-hybridized carbons (Fsp3) is 0.455. The van der Waals surface area contributed by atoms with Gasteiger partial charge in [0.25, 0.3) is 0 Å². The molecule has 1 aromatic heterocycles. The van der Waals surface area contributed by atoms with Gasteiger partial charge in [-0.3, -0.25) is 0 Å². The average Bonchev–Trinajstić information content (AvgIpc) is 2.39. The van der Waals surface area contributed by atoms with Crippen LogP contribution in [0.4, 0.5) is 11.5 Å². The van der Waals surface area contributed by atoms with Gasteiger partial charge in [-0.1, -0.05) is 6.92 Å². The predicted molar refractivity (Wildman–Crippen MR) is 75.9 cm³/mol. The molecule has 0 aromatic carbocycles. The predicted octanol–water partition coefficient (Wildman–Crippen LogP) is -0.198. The van der Waals surface area contributed by atoms with E-state index in [2.05, 4.69) is 19.8 Å². The molecule has 112 valence electrons. The second kappa shape index (κ2) is 7.06. The highest BCUT2D eigenvalue weighted by Crippen LogP contribution is 2.15. The van der Waals surface area contributed by atoms with Crippen molar-refractivity contribution >= 4 is 27.5 Å². The van der Waals surface area contributed by atoms with Gasteiger partial charge in [0, 0.05) is 13.1 Å². The molecule has 4 N–H and O–H groups in total. The summed E-state index contributed by atoms with van der Waals surface area (Å²) in [5.74, 6) is -0.319. The lowest BCUT2D eigenvalue weighted by Crippen LogP contribution is -2.29. The largest absolute Gasteiger partial charge is 0.465 e. The number of carbonyl (C=O) groups excluding carboxylic acids is 1. The van der Waals surface area contributed by atoms with Gasteiger partial charge in [0.05, 0.1) is 30.3 Å². The maximum absolute atomic E-state index is 11.4. The number of sulfonamides is 1. The first kappa shape index (κ1) is 16.2. The highest BCUT2D eigenvalue weighted by Gasteiger charge is 2.12. The zero-order chi connectivity index (χ0) is 15.2. The minimum absolute atomic E-state index is 0.0968. The van der Waals surface area contributed by atoms with Gasteiger partial charge >= 0.3 is 5.97 Å². The second-order valence-electron chi connectivity index (χ2n) is 3.89. The Kier molecular flexibility index (Phi) is 5.71. The minimum atomic E-state index is -3.30. The second-order valence-corrected chi connectivity index (χ2v) is 5.82. The van der Waals surface area contributed by atoms with Gasteiger partial charge < -0.3 is 15.8 Å². The molecule has 0 atom stereocenters. The number of nitrogen functional groups attached to an aromatic ring is 1. The van der Waals surface area contributed by atoms with Crippen LogP contribution in [0.2, 0.25) is 0 Å². The summed E-state index contributed by atoms with van der Waals surface area (Å²) in [5, 5.41) is 2.81. The first-order valence-electron chi connectivity index (χ1n) is 5.94. The van der Waals surface area contributed by atoms with Crippen LogP contribution in [0.1, 0.15) is 17.3 Å². The zero-order valence-electron chi connectivity index (χ0n) is 11.3. The number of aromatic nitrogens is 1. The number of hydrogen-bond acceptors (Lipinski definition) is 7. The number of methoxy groups -OCH3 is 1. The Labute approximate surface area is 117 Å². The van der Waals surface area contributed by atoms with Crippen LogP contribution in [0.5, 0.6) is 0 Å². The number of anilines is 2. The molecule has 0 aliphatic carbocycles. The summed E-state index contributed by atoms with van der Waals surface area (Å²) < 4.78 is 29.8. The molecule has 1 aromatic rings. The monoisotopic (exact) mass is 302 g/mol. The van der Waals surface area contributed by atoms with Crippen LogP contribution < -0.4 is 15.8 Å². The number of rotatable bonds is 7. The van der Waals surface area contributed by atoms with E-state index in [0.29, 0.717) is 12.4 Å². The smallest absolute Gasteiger partial charge is 0.340 e. The van der Waals surface area contributed by atoms with Gasteiger partial charge in [-0.25, -0.2) is 22.9 Å². The molecule has 9 heteroatoms. The zero-order valence-corrected chi connectivity index (χ0v) is 12.2. The Morgan fingerprint density at radius 1 is 1.50 bits per heavy atom. The van der Waals surface area contributed by atoms with Gasteiger partial charge in [-0.2, -0.15) is 0 Å². The lowest BCUT2D eigenvalue weighted by Gasteiger charge is -2.09. The molecule has 1 heterocycles. The number of nitrogens with one attached hydrogen (secondary N) is 2. The maximum Gasteiger partial charge on any atom is 0.340 e. The molecule has 0 saturated heterocycles. The first-order chi connectivity index (χ1) is 9.39. The number of nitrogens with two attached hydrogens (primary N) is 1. The summed E-state index contributed by atoms with van der Waals surface area (Å²) >= 11 is 0. The van der Waals surface area contributed by atoms with Crippen LogP contribution in [0.3, 0.4) is 0 Å². The molecule has 0 aliphatic rings. The van der Waals surface area contributed by atoms with E-state index >= 15 is 0 Å². The quantitative estimate of drug-likeness (QED) is 0.596. The van der Waals surface area contributed by atoms with E-state index in [1.165, 1.54) is 19.4 Å². The lowest BCUT2D eigenvalue weighted by molar-refractivity contribution is 0.0602. The molecule has 8 nitrogen and oxygen atoms in total.